The highest BCUT2D eigenvalue weighted by molar-refractivity contribution is 6.32. The summed E-state index contributed by atoms with van der Waals surface area (Å²) >= 11 is 6.01. The molecule has 0 radical (unpaired) electrons. The van der Waals surface area contributed by atoms with Crippen LogP contribution in [0.4, 0.5) is 0 Å². The van der Waals surface area contributed by atoms with Crippen LogP contribution < -0.4 is 4.74 Å². The molecule has 0 saturated carbocycles. The molecule has 0 bridgehead atoms. The molecule has 7 nitrogen and oxygen atoms in total. The van der Waals surface area contributed by atoms with Gasteiger partial charge in [0, 0.05) is 18.2 Å². The largest absolute Gasteiger partial charge is 0.507 e. The number of fused-ring (bicyclic) bond motifs is 1. The number of halogens is 1. The summed E-state index contributed by atoms with van der Waals surface area (Å²) in [5.41, 5.74) is 2.60. The van der Waals surface area contributed by atoms with Gasteiger partial charge in [0.25, 0.3) is 0 Å². The normalized spacial score (nSPS) is 15.5. The number of nitriles is 1. The third kappa shape index (κ3) is 3.98. The van der Waals surface area contributed by atoms with Gasteiger partial charge >= 0.3 is 0 Å². The second-order valence-electron chi connectivity index (χ2n) is 7.06. The van der Waals surface area contributed by atoms with Gasteiger partial charge in [0.05, 0.1) is 29.0 Å². The molecular weight excluding hydrogens is 392 g/mol. The van der Waals surface area contributed by atoms with Gasteiger partial charge in [-0.1, -0.05) is 16.8 Å². The van der Waals surface area contributed by atoms with Crippen LogP contribution >= 0.6 is 11.6 Å². The van der Waals surface area contributed by atoms with Crippen LogP contribution in [0.25, 0.3) is 11.3 Å². The van der Waals surface area contributed by atoms with Crippen molar-refractivity contribution in [3.05, 3.63) is 52.7 Å². The number of hydrogen-bond donors (Lipinski definition) is 2. The maximum absolute atomic E-state index is 10.2. The quantitative estimate of drug-likeness (QED) is 0.660. The van der Waals surface area contributed by atoms with Crippen molar-refractivity contribution in [1.82, 2.24) is 15.0 Å². The summed E-state index contributed by atoms with van der Waals surface area (Å²) in [5.74, 6) is 0.886. The van der Waals surface area contributed by atoms with Crippen molar-refractivity contribution < 1.29 is 14.9 Å². The lowest BCUT2D eigenvalue weighted by Gasteiger charge is -2.23. The number of benzene rings is 2. The summed E-state index contributed by atoms with van der Waals surface area (Å²) in [5, 5.41) is 37.3. The smallest absolute Gasteiger partial charge is 0.137 e. The molecule has 8 heteroatoms. The molecule has 2 aromatic carbocycles. The molecule has 0 amide bonds. The number of nitrogens with zero attached hydrogens (tertiary/aromatic N) is 4. The van der Waals surface area contributed by atoms with Crippen LogP contribution in [-0.2, 0) is 13.0 Å². The Morgan fingerprint density at radius 2 is 2.00 bits per heavy atom. The Bertz CT molecular complexity index is 1070. The standard InChI is InChI=1S/C21H19ClN4O3/c22-17-10-16(19(27)11-20(17)28)21-18-9-13(5-7-26(18)25-24-21)6-8-29-15-3-1-14(12-23)2-4-15/h1-4,10-11,13,27-28H,5-9H2. The maximum Gasteiger partial charge on any atom is 0.137 e. The van der Waals surface area contributed by atoms with Crippen LogP contribution in [-0.4, -0.2) is 31.8 Å². The van der Waals surface area contributed by atoms with Crippen molar-refractivity contribution in [3.8, 4) is 34.6 Å². The lowest BCUT2D eigenvalue weighted by Crippen LogP contribution is -2.21. The summed E-state index contributed by atoms with van der Waals surface area (Å²) in [6.07, 6.45) is 2.60. The maximum atomic E-state index is 10.2. The molecule has 148 valence electrons. The molecule has 4 rings (SSSR count). The Hall–Kier alpha value is -3.24. The van der Waals surface area contributed by atoms with Crippen LogP contribution in [0, 0.1) is 17.2 Å². The predicted molar refractivity (Wildman–Crippen MR) is 107 cm³/mol. The van der Waals surface area contributed by atoms with Crippen LogP contribution in [0.15, 0.2) is 36.4 Å². The molecule has 29 heavy (non-hydrogen) atoms. The van der Waals surface area contributed by atoms with Crippen LogP contribution in [0.3, 0.4) is 0 Å². The third-order valence-electron chi connectivity index (χ3n) is 5.17. The van der Waals surface area contributed by atoms with Gasteiger partial charge in [-0.15, -0.1) is 5.10 Å². The second-order valence-corrected chi connectivity index (χ2v) is 7.47. The molecule has 2 heterocycles. The van der Waals surface area contributed by atoms with Gasteiger partial charge in [0.1, 0.15) is 22.9 Å². The third-order valence-corrected chi connectivity index (χ3v) is 5.47. The van der Waals surface area contributed by atoms with E-state index in [1.54, 1.807) is 24.3 Å². The molecule has 1 aliphatic heterocycles. The van der Waals surface area contributed by atoms with Crippen LogP contribution in [0.5, 0.6) is 17.2 Å². The number of phenolic OH excluding ortho intramolecular Hbond substituents is 2. The van der Waals surface area contributed by atoms with Crippen molar-refractivity contribution in [2.45, 2.75) is 25.8 Å². The molecule has 0 aliphatic carbocycles. The Balaban J connectivity index is 1.44. The lowest BCUT2D eigenvalue weighted by atomic mass is 9.91. The molecule has 1 unspecified atom stereocenters. The first-order chi connectivity index (χ1) is 14.0. The van der Waals surface area contributed by atoms with Crippen LogP contribution in [0.2, 0.25) is 5.02 Å². The topological polar surface area (TPSA) is 104 Å². The summed E-state index contributed by atoms with van der Waals surface area (Å²) in [6.45, 7) is 1.32. The zero-order valence-corrected chi connectivity index (χ0v) is 16.3. The number of hydrogen-bond acceptors (Lipinski definition) is 6. The summed E-state index contributed by atoms with van der Waals surface area (Å²) in [4.78, 5) is 0. The highest BCUT2D eigenvalue weighted by Crippen LogP contribution is 2.39. The predicted octanol–water partition coefficient (Wildman–Crippen LogP) is 3.91. The zero-order valence-electron chi connectivity index (χ0n) is 15.5. The Kier molecular flexibility index (Phi) is 5.28. The molecule has 1 aliphatic rings. The average molecular weight is 411 g/mol. The van der Waals surface area contributed by atoms with Crippen molar-refractivity contribution in [3.63, 3.8) is 0 Å². The number of phenols is 2. The van der Waals surface area contributed by atoms with Gasteiger partial charge in [-0.2, -0.15) is 5.26 Å². The van der Waals surface area contributed by atoms with Crippen LogP contribution in [0.1, 0.15) is 24.1 Å². The molecule has 3 aromatic rings. The van der Waals surface area contributed by atoms with E-state index < -0.39 is 0 Å². The fourth-order valence-electron chi connectivity index (χ4n) is 3.56. The van der Waals surface area contributed by atoms with E-state index in [1.165, 1.54) is 12.1 Å². The minimum absolute atomic E-state index is 0.0820. The van der Waals surface area contributed by atoms with E-state index in [-0.39, 0.29) is 16.5 Å². The van der Waals surface area contributed by atoms with E-state index >= 15 is 0 Å². The number of aromatic hydroxyl groups is 2. The van der Waals surface area contributed by atoms with Gasteiger partial charge in [-0.3, -0.25) is 0 Å². The minimum Gasteiger partial charge on any atom is -0.507 e. The molecule has 0 spiro atoms. The molecule has 0 saturated heterocycles. The van der Waals surface area contributed by atoms with E-state index in [2.05, 4.69) is 16.4 Å². The monoisotopic (exact) mass is 410 g/mol. The fourth-order valence-corrected chi connectivity index (χ4v) is 3.72. The second kappa shape index (κ2) is 8.02. The number of rotatable bonds is 5. The lowest BCUT2D eigenvalue weighted by molar-refractivity contribution is 0.252. The van der Waals surface area contributed by atoms with E-state index in [0.29, 0.717) is 29.3 Å². The molecular formula is C21H19ClN4O3. The average Bonchev–Trinajstić information content (AvgIpc) is 3.14. The molecule has 2 N–H and O–H groups in total. The van der Waals surface area contributed by atoms with Crippen molar-refractivity contribution in [2.75, 3.05) is 6.61 Å². The fraction of sp³-hybridized carbons (Fsp3) is 0.286. The molecule has 1 aromatic heterocycles. The van der Waals surface area contributed by atoms with E-state index in [4.69, 9.17) is 21.6 Å². The van der Waals surface area contributed by atoms with E-state index in [9.17, 15) is 10.2 Å². The summed E-state index contributed by atoms with van der Waals surface area (Å²) < 4.78 is 7.66. The highest BCUT2D eigenvalue weighted by atomic mass is 35.5. The summed E-state index contributed by atoms with van der Waals surface area (Å²) in [6, 6.07) is 11.9. The van der Waals surface area contributed by atoms with Crippen molar-refractivity contribution in [2.24, 2.45) is 5.92 Å². The van der Waals surface area contributed by atoms with Crippen molar-refractivity contribution in [1.29, 1.82) is 5.26 Å². The van der Waals surface area contributed by atoms with E-state index in [1.807, 2.05) is 4.68 Å². The van der Waals surface area contributed by atoms with Gasteiger partial charge < -0.3 is 14.9 Å². The molecule has 0 fully saturated rings. The first-order valence-electron chi connectivity index (χ1n) is 9.32. The van der Waals surface area contributed by atoms with Gasteiger partial charge in [-0.25, -0.2) is 4.68 Å². The Labute approximate surface area is 172 Å². The highest BCUT2D eigenvalue weighted by Gasteiger charge is 2.26. The number of aromatic nitrogens is 3. The minimum atomic E-state index is -0.174. The Morgan fingerprint density at radius 3 is 2.76 bits per heavy atom. The number of aryl methyl sites for hydroxylation is 1. The van der Waals surface area contributed by atoms with E-state index in [0.717, 1.165) is 37.3 Å². The first-order valence-corrected chi connectivity index (χ1v) is 9.70. The van der Waals surface area contributed by atoms with Gasteiger partial charge in [0.2, 0.25) is 0 Å². The zero-order chi connectivity index (χ0) is 20.4. The summed E-state index contributed by atoms with van der Waals surface area (Å²) in [7, 11) is 0. The van der Waals surface area contributed by atoms with Crippen molar-refractivity contribution >= 4 is 11.6 Å². The molecule has 1 atom stereocenters. The first kappa shape index (κ1) is 19.1. The number of ether oxygens (including phenoxy) is 1. The Morgan fingerprint density at radius 1 is 1.21 bits per heavy atom. The van der Waals surface area contributed by atoms with Gasteiger partial charge in [0.15, 0.2) is 0 Å². The van der Waals surface area contributed by atoms with Gasteiger partial charge in [-0.05, 0) is 55.5 Å². The SMILES string of the molecule is N#Cc1ccc(OCCC2CCn3nnc(-c4cc(Cl)c(O)cc4O)c3C2)cc1.